The third-order valence-electron chi connectivity index (χ3n) is 7.09. The van der Waals surface area contributed by atoms with Crippen LogP contribution < -0.4 is 5.32 Å². The summed E-state index contributed by atoms with van der Waals surface area (Å²) in [7, 11) is 0. The van der Waals surface area contributed by atoms with Crippen LogP contribution in [0.1, 0.15) is 59.7 Å². The van der Waals surface area contributed by atoms with Crippen LogP contribution in [0.4, 0.5) is 74.6 Å². The molecule has 278 valence electrons. The van der Waals surface area contributed by atoms with Crippen LogP contribution in [0.2, 0.25) is 0 Å². The molecule has 4 nitrogen and oxygen atoms in total. The number of benzene rings is 2. The highest BCUT2D eigenvalue weighted by Crippen LogP contribution is 2.64. The molecule has 0 saturated heterocycles. The molecule has 0 aliphatic heterocycles. The molecule has 0 saturated carbocycles. The van der Waals surface area contributed by atoms with Gasteiger partial charge in [0.15, 0.2) is 5.78 Å². The highest BCUT2D eigenvalue weighted by atomic mass is 19.4. The summed E-state index contributed by atoms with van der Waals surface area (Å²) in [4.78, 5) is 25.0. The molecule has 1 N–H and O–H groups in total. The molecule has 1 amide bonds. The lowest BCUT2D eigenvalue weighted by Crippen LogP contribution is -2.74. The van der Waals surface area contributed by atoms with E-state index in [2.05, 4.69) is 5.32 Å². The summed E-state index contributed by atoms with van der Waals surface area (Å²) in [6, 6.07) is 8.90. The van der Waals surface area contributed by atoms with Crippen molar-refractivity contribution >= 4 is 11.7 Å². The zero-order chi connectivity index (χ0) is 39.1. The van der Waals surface area contributed by atoms with Gasteiger partial charge >= 0.3 is 47.6 Å². The Morgan fingerprint density at radius 1 is 0.620 bits per heavy atom. The first-order chi connectivity index (χ1) is 22.3. The maximum absolute atomic E-state index is 14.9. The molecule has 2 aromatic carbocycles. The number of hydrogen-bond acceptors (Lipinski definition) is 3. The van der Waals surface area contributed by atoms with Crippen LogP contribution in [0.3, 0.4) is 0 Å². The van der Waals surface area contributed by atoms with Crippen molar-refractivity contribution < 1.29 is 84.2 Å². The largest absolute Gasteiger partial charge is 0.460 e. The van der Waals surface area contributed by atoms with Gasteiger partial charge in [-0.25, -0.2) is 0 Å². The highest BCUT2D eigenvalue weighted by Gasteiger charge is 2.95. The molecule has 0 spiro atoms. The fraction of sp³-hybridized carbons (Fsp3) is 0.483. The van der Waals surface area contributed by atoms with Crippen LogP contribution in [0, 0.1) is 11.3 Å². The second-order valence-electron chi connectivity index (χ2n) is 11.1. The van der Waals surface area contributed by atoms with E-state index in [1.54, 1.807) is 6.07 Å². The van der Waals surface area contributed by atoms with Crippen LogP contribution in [-0.2, 0) is 4.79 Å². The van der Waals surface area contributed by atoms with Gasteiger partial charge in [0.1, 0.15) is 0 Å². The Balaban J connectivity index is 2.59. The van der Waals surface area contributed by atoms with Crippen LogP contribution in [0.5, 0.6) is 0 Å². The summed E-state index contributed by atoms with van der Waals surface area (Å²) in [6.07, 6.45) is -12.1. The summed E-state index contributed by atoms with van der Waals surface area (Å²) < 4.78 is 234. The van der Waals surface area contributed by atoms with E-state index in [9.17, 15) is 84.2 Å². The Kier molecular flexibility index (Phi) is 11.4. The van der Waals surface area contributed by atoms with E-state index < -0.39 is 89.7 Å². The minimum absolute atomic E-state index is 0.0469. The highest BCUT2D eigenvalue weighted by molar-refractivity contribution is 6.09. The van der Waals surface area contributed by atoms with Gasteiger partial charge in [0, 0.05) is 30.0 Å². The SMILES string of the molecule is CC(C)NC(=O)CC(CC(F)(F)C(F)(F)C(F)(F)C(F)(F)C(F)(F)C(F)(F)C(F)(F)C(F)(F)F)c1ccc(C(=O)c2ccc(C#N)cc2)cc1. The van der Waals surface area contributed by atoms with Crippen molar-refractivity contribution in [2.24, 2.45) is 0 Å². The van der Waals surface area contributed by atoms with Crippen LogP contribution in [0.15, 0.2) is 48.5 Å². The van der Waals surface area contributed by atoms with Crippen molar-refractivity contribution in [1.82, 2.24) is 5.32 Å². The molecule has 0 bridgehead atoms. The molecular weight excluding hydrogens is 731 g/mol. The second-order valence-corrected chi connectivity index (χ2v) is 11.1. The number of ketones is 1. The van der Waals surface area contributed by atoms with E-state index in [0.29, 0.717) is 12.1 Å². The average molecular weight is 752 g/mol. The van der Waals surface area contributed by atoms with E-state index in [1.807, 2.05) is 0 Å². The number of alkyl halides is 17. The van der Waals surface area contributed by atoms with Crippen molar-refractivity contribution in [1.29, 1.82) is 5.26 Å². The quantitative estimate of drug-likeness (QED) is 0.155. The Bertz CT molecular complexity index is 1580. The number of amides is 1. The number of nitrogens with one attached hydrogen (secondary N) is 1. The zero-order valence-electron chi connectivity index (χ0n) is 24.9. The molecule has 1 unspecified atom stereocenters. The number of carbonyl (C=O) groups is 2. The standard InChI is InChI=1S/C29H21F17N2O2/c1-14(2)48-20(49)11-19(16-7-9-18(10-8-16)21(50)17-5-3-15(13-47)4-6-17)12-22(30,31)23(32,33)24(34,35)25(36,37)26(38,39)27(40,41)28(42,43)29(44,45)46/h3-10,14,19H,11-12H2,1-2H3,(H,48,49). The molecule has 0 aromatic heterocycles. The molecule has 0 aliphatic carbocycles. The summed E-state index contributed by atoms with van der Waals surface area (Å²) in [5.41, 5.74) is -0.843. The maximum Gasteiger partial charge on any atom is 0.460 e. The molecule has 0 aliphatic rings. The van der Waals surface area contributed by atoms with Gasteiger partial charge in [-0.2, -0.15) is 79.9 Å². The normalized spacial score (nSPS) is 14.7. The fourth-order valence-corrected chi connectivity index (χ4v) is 4.32. The third kappa shape index (κ3) is 7.20. The van der Waals surface area contributed by atoms with Crippen LogP contribution in [-0.4, -0.2) is 65.4 Å². The van der Waals surface area contributed by atoms with Crippen molar-refractivity contribution in [2.45, 2.75) is 86.3 Å². The topological polar surface area (TPSA) is 70.0 Å². The smallest absolute Gasteiger partial charge is 0.354 e. The van der Waals surface area contributed by atoms with Crippen molar-refractivity contribution in [3.63, 3.8) is 0 Å². The number of hydrogen-bond donors (Lipinski definition) is 1. The number of nitrogens with zero attached hydrogens (tertiary/aromatic N) is 1. The molecule has 1 atom stereocenters. The molecular formula is C29H21F17N2O2. The van der Waals surface area contributed by atoms with Gasteiger partial charge in [-0.1, -0.05) is 24.3 Å². The monoisotopic (exact) mass is 752 g/mol. The predicted octanol–water partition coefficient (Wildman–Crippen LogP) is 9.19. The first-order valence-electron chi connectivity index (χ1n) is 13.5. The Hall–Kier alpha value is -4.12. The molecule has 0 fully saturated rings. The first kappa shape index (κ1) is 42.0. The molecule has 0 heterocycles. The van der Waals surface area contributed by atoms with Gasteiger partial charge in [0.05, 0.1) is 11.6 Å². The lowest BCUT2D eigenvalue weighted by Gasteiger charge is -2.43. The Morgan fingerprint density at radius 2 is 1.00 bits per heavy atom. The lowest BCUT2D eigenvalue weighted by atomic mass is 9.83. The summed E-state index contributed by atoms with van der Waals surface area (Å²) in [5, 5.41) is 10.9. The molecule has 21 heteroatoms. The van der Waals surface area contributed by atoms with E-state index in [1.165, 1.54) is 38.1 Å². The minimum atomic E-state index is -8.75. The second kappa shape index (κ2) is 13.5. The van der Waals surface area contributed by atoms with Crippen LogP contribution >= 0.6 is 0 Å². The number of halogens is 17. The number of carbonyl (C=O) groups excluding carboxylic acids is 2. The summed E-state index contributed by atoms with van der Waals surface area (Å²) >= 11 is 0. The van der Waals surface area contributed by atoms with E-state index >= 15 is 0 Å². The van der Waals surface area contributed by atoms with Gasteiger partial charge in [0.25, 0.3) is 0 Å². The average Bonchev–Trinajstić information content (AvgIpc) is 2.98. The Labute approximate surface area is 270 Å². The molecule has 0 radical (unpaired) electrons. The summed E-state index contributed by atoms with van der Waals surface area (Å²) in [5.74, 6) is -62.0. The van der Waals surface area contributed by atoms with Gasteiger partial charge in [0.2, 0.25) is 5.91 Å². The van der Waals surface area contributed by atoms with E-state index in [0.717, 1.165) is 12.1 Å². The Morgan fingerprint density at radius 3 is 1.38 bits per heavy atom. The maximum atomic E-state index is 14.9. The number of rotatable bonds is 14. The van der Waals surface area contributed by atoms with Crippen LogP contribution in [0.25, 0.3) is 0 Å². The first-order valence-corrected chi connectivity index (χ1v) is 13.5. The van der Waals surface area contributed by atoms with E-state index in [-0.39, 0.29) is 16.7 Å². The predicted molar refractivity (Wildman–Crippen MR) is 137 cm³/mol. The van der Waals surface area contributed by atoms with E-state index in [4.69, 9.17) is 5.26 Å². The lowest BCUT2D eigenvalue weighted by molar-refractivity contribution is -0.462. The third-order valence-corrected chi connectivity index (χ3v) is 7.09. The van der Waals surface area contributed by atoms with Gasteiger partial charge in [-0.15, -0.1) is 0 Å². The van der Waals surface area contributed by atoms with Gasteiger partial charge in [-0.05, 0) is 49.6 Å². The number of nitriles is 1. The minimum Gasteiger partial charge on any atom is -0.354 e. The molecule has 2 rings (SSSR count). The zero-order valence-corrected chi connectivity index (χ0v) is 24.9. The summed E-state index contributed by atoms with van der Waals surface area (Å²) in [6.45, 7) is 2.58. The van der Waals surface area contributed by atoms with Crippen molar-refractivity contribution in [2.75, 3.05) is 0 Å². The van der Waals surface area contributed by atoms with Gasteiger partial charge in [-0.3, -0.25) is 9.59 Å². The van der Waals surface area contributed by atoms with Crippen molar-refractivity contribution in [3.8, 4) is 6.07 Å². The molecule has 2 aromatic rings. The molecule has 50 heavy (non-hydrogen) atoms. The fourth-order valence-electron chi connectivity index (χ4n) is 4.32. The van der Waals surface area contributed by atoms with Crippen molar-refractivity contribution in [3.05, 3.63) is 70.8 Å². The van der Waals surface area contributed by atoms with Gasteiger partial charge < -0.3 is 5.32 Å².